The highest BCUT2D eigenvalue weighted by molar-refractivity contribution is 6.00. The molecule has 3 rings (SSSR count). The third-order valence-electron chi connectivity index (χ3n) is 4.74. The minimum absolute atomic E-state index is 0.0661. The molecule has 4 N–H and O–H groups in total. The average Bonchev–Trinajstić information content (AvgIpc) is 2.73. The number of pyridine rings is 1. The first kappa shape index (κ1) is 22.8. The number of urea groups is 2. The fraction of sp³-hybridized carbons (Fsp3) is 0.333. The number of carbonyl (C=O) groups is 3. The van der Waals surface area contributed by atoms with Crippen LogP contribution in [0, 0.1) is 5.82 Å². The molecule has 1 aromatic heterocycles. The molecule has 0 saturated carbocycles. The highest BCUT2D eigenvalue weighted by atomic mass is 19.1. The van der Waals surface area contributed by atoms with E-state index in [1.165, 1.54) is 35.4 Å². The van der Waals surface area contributed by atoms with Crippen LogP contribution in [0.1, 0.15) is 23.3 Å². The first-order valence-corrected chi connectivity index (χ1v) is 9.98. The summed E-state index contributed by atoms with van der Waals surface area (Å²) in [5, 5.41) is 5.06. The van der Waals surface area contributed by atoms with Crippen molar-refractivity contribution >= 4 is 29.3 Å². The molecular formula is C21H25FN6O4. The van der Waals surface area contributed by atoms with E-state index in [1.807, 2.05) is 0 Å². The first-order valence-electron chi connectivity index (χ1n) is 9.98. The van der Waals surface area contributed by atoms with Gasteiger partial charge in [0.05, 0.1) is 18.4 Å². The van der Waals surface area contributed by atoms with Gasteiger partial charge in [-0.1, -0.05) is 0 Å². The second kappa shape index (κ2) is 9.94. The lowest BCUT2D eigenvalue weighted by molar-refractivity contribution is 0.0912. The molecule has 170 valence electrons. The Balaban J connectivity index is 1.62. The quantitative estimate of drug-likeness (QED) is 0.652. The number of halogens is 1. The number of anilines is 2. The molecule has 1 fully saturated rings. The highest BCUT2D eigenvalue weighted by Crippen LogP contribution is 2.24. The molecule has 2 heterocycles. The monoisotopic (exact) mass is 444 g/mol. The Bertz CT molecular complexity index is 998. The van der Waals surface area contributed by atoms with Gasteiger partial charge in [0, 0.05) is 38.5 Å². The Labute approximate surface area is 184 Å². The Hall–Kier alpha value is -3.89. The van der Waals surface area contributed by atoms with E-state index in [9.17, 15) is 18.8 Å². The second-order valence-corrected chi connectivity index (χ2v) is 7.56. The summed E-state index contributed by atoms with van der Waals surface area (Å²) in [7, 11) is 3.37. The summed E-state index contributed by atoms with van der Waals surface area (Å²) < 4.78 is 20.0. The molecule has 0 bridgehead atoms. The minimum atomic E-state index is -0.680. The molecule has 5 amide bonds. The molecule has 1 aliphatic heterocycles. The summed E-state index contributed by atoms with van der Waals surface area (Å²) in [5.74, 6) is -1.01. The molecule has 1 aliphatic rings. The lowest BCUT2D eigenvalue weighted by atomic mass is 10.1. The zero-order valence-corrected chi connectivity index (χ0v) is 17.8. The number of nitrogens with two attached hydrogens (primary N) is 1. The van der Waals surface area contributed by atoms with Crippen molar-refractivity contribution in [2.75, 3.05) is 37.8 Å². The number of piperidine rings is 1. The van der Waals surface area contributed by atoms with Crippen molar-refractivity contribution in [1.82, 2.24) is 14.8 Å². The van der Waals surface area contributed by atoms with Gasteiger partial charge in [-0.2, -0.15) is 0 Å². The van der Waals surface area contributed by atoms with Crippen LogP contribution < -0.4 is 21.1 Å². The first-order chi connectivity index (χ1) is 15.2. The topological polar surface area (TPSA) is 130 Å². The molecule has 2 aromatic rings. The zero-order valence-electron chi connectivity index (χ0n) is 17.8. The van der Waals surface area contributed by atoms with Gasteiger partial charge in [-0.3, -0.25) is 4.79 Å². The smallest absolute Gasteiger partial charge is 0.323 e. The molecule has 1 saturated heterocycles. The molecule has 32 heavy (non-hydrogen) atoms. The van der Waals surface area contributed by atoms with Crippen LogP contribution in [0.2, 0.25) is 0 Å². The van der Waals surface area contributed by atoms with Gasteiger partial charge in [-0.05, 0) is 31.0 Å². The number of primary amides is 1. The van der Waals surface area contributed by atoms with E-state index in [2.05, 4.69) is 15.6 Å². The van der Waals surface area contributed by atoms with Crippen LogP contribution in [0.5, 0.6) is 5.75 Å². The van der Waals surface area contributed by atoms with E-state index < -0.39 is 17.8 Å². The van der Waals surface area contributed by atoms with Crippen molar-refractivity contribution in [2.24, 2.45) is 5.73 Å². The standard InChI is InChI=1S/C21H25FN6O4/c1-27(2)21(31)28-7-3-4-16(12-28)32-17-9-13(22)8-15(10-17)26-20(30)25-14-5-6-18(19(23)29)24-11-14/h5-6,8-11,16H,3-4,7,12H2,1-2H3,(H2,23,29)(H2,25,26,30). The Morgan fingerprint density at radius 1 is 1.19 bits per heavy atom. The van der Waals surface area contributed by atoms with E-state index in [0.29, 0.717) is 18.8 Å². The van der Waals surface area contributed by atoms with Crippen molar-refractivity contribution in [1.29, 1.82) is 0 Å². The van der Waals surface area contributed by atoms with Crippen molar-refractivity contribution in [2.45, 2.75) is 18.9 Å². The lowest BCUT2D eigenvalue weighted by Crippen LogP contribution is -2.48. The van der Waals surface area contributed by atoms with E-state index in [4.69, 9.17) is 10.5 Å². The van der Waals surface area contributed by atoms with Gasteiger partial charge < -0.3 is 30.9 Å². The van der Waals surface area contributed by atoms with Crippen molar-refractivity contribution < 1.29 is 23.5 Å². The number of carbonyl (C=O) groups excluding carboxylic acids is 3. The number of hydrogen-bond donors (Lipinski definition) is 3. The molecule has 0 radical (unpaired) electrons. The molecule has 1 unspecified atom stereocenters. The van der Waals surface area contributed by atoms with Crippen LogP contribution in [0.25, 0.3) is 0 Å². The molecular weight excluding hydrogens is 419 g/mol. The van der Waals surface area contributed by atoms with Gasteiger partial charge in [-0.25, -0.2) is 19.0 Å². The van der Waals surface area contributed by atoms with Crippen molar-refractivity contribution in [3.05, 3.63) is 48.0 Å². The fourth-order valence-electron chi connectivity index (χ4n) is 3.29. The minimum Gasteiger partial charge on any atom is -0.488 e. The summed E-state index contributed by atoms with van der Waals surface area (Å²) in [6.45, 7) is 1.04. The number of hydrogen-bond acceptors (Lipinski definition) is 5. The summed E-state index contributed by atoms with van der Waals surface area (Å²) in [5.41, 5.74) is 5.71. The average molecular weight is 444 g/mol. The number of rotatable bonds is 5. The van der Waals surface area contributed by atoms with Crippen molar-refractivity contribution in [3.63, 3.8) is 0 Å². The number of aromatic nitrogens is 1. The fourth-order valence-corrected chi connectivity index (χ4v) is 3.29. The number of likely N-dealkylation sites (tertiary alicyclic amines) is 1. The zero-order chi connectivity index (χ0) is 23.3. The van der Waals surface area contributed by atoms with E-state index in [0.717, 1.165) is 18.9 Å². The second-order valence-electron chi connectivity index (χ2n) is 7.56. The maximum absolute atomic E-state index is 14.1. The van der Waals surface area contributed by atoms with Gasteiger partial charge >= 0.3 is 12.1 Å². The van der Waals surface area contributed by atoms with E-state index in [1.54, 1.807) is 19.0 Å². The largest absolute Gasteiger partial charge is 0.488 e. The molecule has 10 nitrogen and oxygen atoms in total. The summed E-state index contributed by atoms with van der Waals surface area (Å²) >= 11 is 0. The van der Waals surface area contributed by atoms with Gasteiger partial charge in [0.25, 0.3) is 5.91 Å². The normalized spacial score (nSPS) is 15.6. The number of amides is 5. The van der Waals surface area contributed by atoms with Gasteiger partial charge in [0.15, 0.2) is 0 Å². The van der Waals surface area contributed by atoms with Crippen molar-refractivity contribution in [3.8, 4) is 5.75 Å². The predicted molar refractivity (Wildman–Crippen MR) is 116 cm³/mol. The summed E-state index contributed by atoms with van der Waals surface area (Å²) in [4.78, 5) is 42.5. The van der Waals surface area contributed by atoms with E-state index in [-0.39, 0.29) is 29.3 Å². The van der Waals surface area contributed by atoms with Crippen LogP contribution in [-0.4, -0.2) is 66.0 Å². The number of nitrogens with one attached hydrogen (secondary N) is 2. The molecule has 1 atom stereocenters. The maximum atomic E-state index is 14.1. The van der Waals surface area contributed by atoms with Crippen LogP contribution in [0.15, 0.2) is 36.5 Å². The van der Waals surface area contributed by atoms with Crippen LogP contribution >= 0.6 is 0 Å². The predicted octanol–water partition coefficient (Wildman–Crippen LogP) is 2.49. The van der Waals surface area contributed by atoms with Gasteiger partial charge in [0.1, 0.15) is 23.4 Å². The van der Waals surface area contributed by atoms with Crippen LogP contribution in [-0.2, 0) is 0 Å². The molecule has 11 heteroatoms. The molecule has 0 aliphatic carbocycles. The molecule has 1 aromatic carbocycles. The van der Waals surface area contributed by atoms with Crippen LogP contribution in [0.3, 0.4) is 0 Å². The number of benzene rings is 1. The van der Waals surface area contributed by atoms with Gasteiger partial charge in [0.2, 0.25) is 0 Å². The number of nitrogens with zero attached hydrogens (tertiary/aromatic N) is 3. The Morgan fingerprint density at radius 2 is 1.94 bits per heavy atom. The SMILES string of the molecule is CN(C)C(=O)N1CCCC(Oc2cc(F)cc(NC(=O)Nc3ccc(C(N)=O)nc3)c2)C1. The summed E-state index contributed by atoms with van der Waals surface area (Å²) in [6, 6.07) is 6.00. The van der Waals surface area contributed by atoms with Gasteiger partial charge in [-0.15, -0.1) is 0 Å². The Morgan fingerprint density at radius 3 is 2.59 bits per heavy atom. The number of ether oxygens (including phenoxy) is 1. The Kier molecular flexibility index (Phi) is 7.08. The highest BCUT2D eigenvalue weighted by Gasteiger charge is 2.26. The third kappa shape index (κ3) is 6.06. The van der Waals surface area contributed by atoms with Crippen LogP contribution in [0.4, 0.5) is 25.4 Å². The lowest BCUT2D eigenvalue weighted by Gasteiger charge is -2.34. The summed E-state index contributed by atoms with van der Waals surface area (Å²) in [6.07, 6.45) is 2.50. The van der Waals surface area contributed by atoms with E-state index >= 15 is 0 Å². The maximum Gasteiger partial charge on any atom is 0.323 e. The third-order valence-corrected chi connectivity index (χ3v) is 4.74. The molecule has 0 spiro atoms.